The Bertz CT molecular complexity index is 5900. The van der Waals surface area contributed by atoms with Gasteiger partial charge in [0.15, 0.2) is 23.3 Å². The van der Waals surface area contributed by atoms with Crippen molar-refractivity contribution in [1.29, 1.82) is 0 Å². The Labute approximate surface area is 700 Å². The van der Waals surface area contributed by atoms with Crippen LogP contribution in [-0.4, -0.2) is 80.9 Å². The van der Waals surface area contributed by atoms with E-state index in [-0.39, 0.29) is 48.6 Å². The van der Waals surface area contributed by atoms with Gasteiger partial charge in [-0.1, -0.05) is 144 Å². The Hall–Kier alpha value is -8.75. The predicted octanol–water partition coefficient (Wildman–Crippen LogP) is 24.6. The van der Waals surface area contributed by atoms with Crippen LogP contribution < -0.4 is 15.3 Å². The van der Waals surface area contributed by atoms with Crippen molar-refractivity contribution in [3.05, 3.63) is 260 Å². The first kappa shape index (κ1) is 86.6. The van der Waals surface area contributed by atoms with Gasteiger partial charge in [-0.3, -0.25) is 0 Å². The number of hydrogen-bond acceptors (Lipinski definition) is 8. The number of anilines is 2. The average Bonchev–Trinajstić information content (AvgIpc) is 1.57. The molecule has 33 heteroatoms. The van der Waals surface area contributed by atoms with E-state index in [4.69, 9.17) is 54.3 Å². The van der Waals surface area contributed by atoms with Crippen molar-refractivity contribution in [2.45, 2.75) is 138 Å². The molecule has 11 heterocycles. The molecule has 0 unspecified atom stereocenters. The topological polar surface area (TPSA) is 150 Å². The maximum absolute atomic E-state index is 15.0. The highest BCUT2D eigenvalue weighted by atomic mass is 79.9. The molecule has 3 aliphatic rings. The van der Waals surface area contributed by atoms with Gasteiger partial charge >= 0.3 is 19.5 Å². The maximum Gasteiger partial charge on any atom is 0.495 e. The summed E-state index contributed by atoms with van der Waals surface area (Å²) in [6.07, 6.45) is 2.51. The molecule has 0 saturated carbocycles. The van der Waals surface area contributed by atoms with E-state index in [1.165, 1.54) is 41.6 Å². The Morgan fingerprint density at radius 2 is 0.905 bits per heavy atom. The lowest BCUT2D eigenvalue weighted by atomic mass is 9.77. The fourth-order valence-corrected chi connectivity index (χ4v) is 16.7. The molecule has 0 radical (unpaired) electrons. The number of halogens is 18. The highest BCUT2D eigenvalue weighted by molar-refractivity contribution is 9.11. The smallest absolute Gasteiger partial charge is 0.399 e. The zero-order chi connectivity index (χ0) is 82.7. The molecular weight excluding hydrogens is 1780 g/mol. The van der Waals surface area contributed by atoms with Gasteiger partial charge < -0.3 is 39.0 Å². The fraction of sp³-hybridized carbons (Fsp3) is 0.277. The van der Waals surface area contributed by atoms with Gasteiger partial charge in [0, 0.05) is 123 Å². The van der Waals surface area contributed by atoms with Crippen LogP contribution in [0.1, 0.15) is 119 Å². The van der Waals surface area contributed by atoms with Gasteiger partial charge in [-0.15, -0.1) is 0 Å². The zero-order valence-electron chi connectivity index (χ0n) is 62.6. The molecule has 8 aromatic heterocycles. The van der Waals surface area contributed by atoms with E-state index in [1.54, 1.807) is 52.7 Å². The number of fused-ring (bicyclic) bond motifs is 6. The van der Waals surface area contributed by atoms with Crippen molar-refractivity contribution < 1.29 is 62.0 Å². The molecule has 1 saturated heterocycles. The molecule has 17 rings (SSSR count). The van der Waals surface area contributed by atoms with E-state index in [9.17, 15) is 48.3 Å². The summed E-state index contributed by atoms with van der Waals surface area (Å²) in [5, 5.41) is 13.8. The van der Waals surface area contributed by atoms with Crippen LogP contribution in [0.4, 0.5) is 64.3 Å². The third kappa shape index (κ3) is 17.0. The van der Waals surface area contributed by atoms with Crippen LogP contribution in [0.15, 0.2) is 154 Å². The first-order chi connectivity index (χ1) is 54.6. The largest absolute Gasteiger partial charge is 0.495 e. The Morgan fingerprint density at radius 1 is 0.491 bits per heavy atom. The molecule has 116 heavy (non-hydrogen) atoms. The van der Waals surface area contributed by atoms with Gasteiger partial charge in [0.05, 0.1) is 87.9 Å². The van der Waals surface area contributed by atoms with E-state index in [0.29, 0.717) is 116 Å². The number of rotatable bonds is 10. The Kier molecular flexibility index (Phi) is 25.9. The number of aromatic amines is 4. The lowest BCUT2D eigenvalue weighted by Gasteiger charge is -2.32. The minimum Gasteiger partial charge on any atom is -0.399 e. The first-order valence-corrected chi connectivity index (χ1v) is 39.9. The number of para-hydroxylation sites is 2. The number of nitrogens with one attached hydrogen (secondary N) is 4. The van der Waals surface area contributed by atoms with Crippen LogP contribution in [0.2, 0.25) is 15.1 Å². The molecule has 0 aliphatic carbocycles. The SMILES string of the molecule is C.CC1(C)OB(c2ccc(F)c3[nH]cc(Cl)c23)OC1(C)C.CCc1cccc(CC)c1-n1nc2c(c1-c1ccc(F)c3[nH]cc(Cl)c13)CN(c1ncc(C(F)(F)F)cc1F)CC2.CCc1cccc(CC)c1-n1nc2c(c1Br)CN(c1ncc(C(F)(F)F)cc1F)CC2.Fc1ccc(Br)c2c(Cl)c[nH]c12.Fc1ccc(Br)c2cc[nH]c12. The molecule has 14 nitrogen and oxygen atoms in total. The van der Waals surface area contributed by atoms with Gasteiger partial charge in [-0.2, -0.15) is 36.5 Å². The minimum absolute atomic E-state index is 0. The number of aromatic nitrogens is 10. The van der Waals surface area contributed by atoms with E-state index in [2.05, 4.69) is 118 Å². The molecule has 0 amide bonds. The fourth-order valence-electron chi connectivity index (χ4n) is 14.2. The predicted molar refractivity (Wildman–Crippen MR) is 445 cm³/mol. The molecule has 6 aromatic carbocycles. The number of alkyl halides is 6. The zero-order valence-corrected chi connectivity index (χ0v) is 69.7. The molecule has 3 aliphatic heterocycles. The summed E-state index contributed by atoms with van der Waals surface area (Å²) >= 11 is 28.8. The number of benzene rings is 6. The van der Waals surface area contributed by atoms with Gasteiger partial charge in [0.2, 0.25) is 0 Å². The molecule has 0 atom stereocenters. The summed E-state index contributed by atoms with van der Waals surface area (Å²) in [4.78, 5) is 22.2. The van der Waals surface area contributed by atoms with Crippen molar-refractivity contribution >= 4 is 150 Å². The highest BCUT2D eigenvalue weighted by Crippen LogP contribution is 2.45. The van der Waals surface area contributed by atoms with Gasteiger partial charge in [-0.25, -0.2) is 45.7 Å². The Balaban J connectivity index is 0.000000145. The Morgan fingerprint density at radius 3 is 1.38 bits per heavy atom. The average molecular weight is 1860 g/mol. The summed E-state index contributed by atoms with van der Waals surface area (Å²) in [5.41, 5.74) is 10.3. The van der Waals surface area contributed by atoms with E-state index >= 15 is 4.39 Å². The molecule has 1 fully saturated rings. The van der Waals surface area contributed by atoms with Crippen LogP contribution in [0.5, 0.6) is 0 Å². The van der Waals surface area contributed by atoms with E-state index in [0.717, 1.165) is 95.1 Å². The summed E-state index contributed by atoms with van der Waals surface area (Å²) < 4.78 is 180. The standard InChI is InChI=1S/C30H25ClF5N5.C22H21BrF4N4.C14H16BClFNO2.C8H4BrClFN.C8H5BrFN.CH4/c1-3-16-6-5-7-17(4-2)27(16)41-28(19-8-9-22(32)26-25(19)21(31)14-37-26)20-15-40(11-10-24(20)39-41)29-23(33)12-18(13-38-29)30(34,35)36;1-3-13-6-5-7-14(4-2)19(13)31-20(23)16-12-30(9-8-18(16)29-31)21-17(24)10-15(11-28-21)22(25,26)27;1-13(2)14(3,4)20-15(19-13)8-5-6-10(17)12-11(8)9(16)7-18-12;9-4-1-2-6(11)8-7(4)5(10)3-12-8;9-6-1-2-7(10)8-5(6)3-4-11-8;/h5-9,12-14,37H,3-4,10-11,15H2,1-2H3;5-7,10-11H,3-4,8-9,12H2,1-2H3;5-7,18H,1-4H3;1-3,12H;1-4,11H;1H4. The third-order valence-corrected chi connectivity index (χ3v) is 23.9. The van der Waals surface area contributed by atoms with E-state index in [1.807, 2.05) is 67.4 Å². The van der Waals surface area contributed by atoms with Crippen LogP contribution in [0, 0.1) is 34.9 Å². The third-order valence-electron chi connectivity index (χ3n) is 20.8. The second-order valence-corrected chi connectivity index (χ2v) is 32.0. The van der Waals surface area contributed by atoms with Crippen molar-refractivity contribution in [1.82, 2.24) is 49.5 Å². The second kappa shape index (κ2) is 34.7. The van der Waals surface area contributed by atoms with Crippen LogP contribution >= 0.6 is 82.6 Å². The van der Waals surface area contributed by atoms with Gasteiger partial charge in [0.1, 0.15) is 27.9 Å². The van der Waals surface area contributed by atoms with Crippen molar-refractivity contribution in [3.8, 4) is 22.6 Å². The second-order valence-electron chi connectivity index (χ2n) is 28.3. The normalized spacial score (nSPS) is 14.3. The molecule has 14 aromatic rings. The summed E-state index contributed by atoms with van der Waals surface area (Å²) in [6.45, 7) is 17.4. The van der Waals surface area contributed by atoms with Gasteiger partial charge in [-0.05, 0) is 158 Å². The quantitative estimate of drug-likeness (QED) is 0.0781. The number of nitrogens with zero attached hydrogens (tertiary/aromatic N) is 8. The van der Waals surface area contributed by atoms with Gasteiger partial charge in [0.25, 0.3) is 0 Å². The van der Waals surface area contributed by atoms with Crippen molar-refractivity contribution in [2.75, 3.05) is 22.9 Å². The van der Waals surface area contributed by atoms with Crippen molar-refractivity contribution in [2.24, 2.45) is 0 Å². The first-order valence-electron chi connectivity index (χ1n) is 36.4. The maximum atomic E-state index is 15.0. The number of hydrogen-bond donors (Lipinski definition) is 4. The number of aryl methyl sites for hydroxylation is 4. The lowest BCUT2D eigenvalue weighted by Crippen LogP contribution is -2.41. The molecule has 608 valence electrons. The number of H-pyrrole nitrogens is 4. The van der Waals surface area contributed by atoms with Crippen LogP contribution in [0.3, 0.4) is 0 Å². The van der Waals surface area contributed by atoms with Crippen molar-refractivity contribution in [3.63, 3.8) is 0 Å². The molecule has 0 bridgehead atoms. The monoisotopic (exact) mass is 1850 g/mol. The highest BCUT2D eigenvalue weighted by Gasteiger charge is 2.52. The van der Waals surface area contributed by atoms with Crippen LogP contribution in [-0.2, 0) is 73.3 Å². The summed E-state index contributed by atoms with van der Waals surface area (Å²) in [6, 6.07) is 27.3. The minimum atomic E-state index is -4.71. The molecular formula is C83H75BBr3Cl3F12N12O2. The number of pyridine rings is 2. The lowest BCUT2D eigenvalue weighted by molar-refractivity contribution is -0.138. The summed E-state index contributed by atoms with van der Waals surface area (Å²) in [5.74, 6) is -3.60. The molecule has 4 N–H and O–H groups in total. The van der Waals surface area contributed by atoms with Crippen LogP contribution in [0.25, 0.3) is 66.2 Å². The summed E-state index contributed by atoms with van der Waals surface area (Å²) in [7, 11) is -0.559. The molecule has 0 spiro atoms. The van der Waals surface area contributed by atoms with E-state index < -0.39 is 59.3 Å².